The van der Waals surface area contributed by atoms with Crippen LogP contribution in [-0.4, -0.2) is 66.5 Å². The molecule has 1 saturated heterocycles. The van der Waals surface area contributed by atoms with E-state index in [9.17, 15) is 0 Å². The minimum Gasteiger partial charge on any atom is -0.497 e. The molecule has 0 amide bonds. The molecule has 0 atom stereocenters. The second-order valence-corrected chi connectivity index (χ2v) is 7.02. The largest absolute Gasteiger partial charge is 0.497 e. The molecule has 0 aliphatic carbocycles. The Hall–Kier alpha value is -2.98. The van der Waals surface area contributed by atoms with Crippen LogP contribution in [-0.2, 0) is 4.74 Å². The first kappa shape index (κ1) is 21.7. The molecular weight excluding hydrogens is 404 g/mol. The number of aliphatic imine (C=N–C) groups is 1. The molecule has 0 spiro atoms. The summed E-state index contributed by atoms with van der Waals surface area (Å²) in [7, 11) is 3.20. The van der Waals surface area contributed by atoms with Gasteiger partial charge in [-0.2, -0.15) is 4.99 Å². The van der Waals surface area contributed by atoms with Gasteiger partial charge in [-0.15, -0.1) is 0 Å². The normalized spacial score (nSPS) is 14.3. The molecular formula is C20H26N6O3S. The number of nitrogens with zero attached hydrogens (tertiary/aromatic N) is 4. The van der Waals surface area contributed by atoms with Crippen LogP contribution in [0.25, 0.3) is 0 Å². The second kappa shape index (κ2) is 10.2. The Bertz CT molecular complexity index is 911. The number of nitrogens with one attached hydrogen (secondary N) is 2. The first-order valence-corrected chi connectivity index (χ1v) is 9.93. The van der Waals surface area contributed by atoms with E-state index in [2.05, 4.69) is 30.5 Å². The van der Waals surface area contributed by atoms with Gasteiger partial charge in [0.15, 0.2) is 0 Å². The van der Waals surface area contributed by atoms with Crippen molar-refractivity contribution in [2.75, 3.05) is 51.2 Å². The lowest BCUT2D eigenvalue weighted by molar-refractivity contribution is 0.0680. The molecule has 2 heterocycles. The lowest BCUT2D eigenvalue weighted by atomic mass is 10.2. The third-order valence-corrected chi connectivity index (χ3v) is 4.57. The topological polar surface area (TPSA) is 93.1 Å². The minimum absolute atomic E-state index is 0.264. The Labute approximate surface area is 181 Å². The summed E-state index contributed by atoms with van der Waals surface area (Å²) in [6.07, 6.45) is 0. The Morgan fingerprint density at radius 2 is 1.77 bits per heavy atom. The zero-order chi connectivity index (χ0) is 21.5. The number of anilines is 2. The number of aryl methyl sites for hydroxylation is 2. The average Bonchev–Trinajstić information content (AvgIpc) is 2.73. The molecule has 9 nitrogen and oxygen atoms in total. The molecule has 0 radical (unpaired) electrons. The van der Waals surface area contributed by atoms with E-state index in [0.717, 1.165) is 11.4 Å². The molecule has 1 aliphatic heterocycles. The monoisotopic (exact) mass is 430 g/mol. The molecule has 1 aliphatic rings. The summed E-state index contributed by atoms with van der Waals surface area (Å²) in [4.78, 5) is 15.6. The Balaban J connectivity index is 1.85. The summed E-state index contributed by atoms with van der Waals surface area (Å²) >= 11 is 5.50. The van der Waals surface area contributed by atoms with Crippen LogP contribution in [0.2, 0.25) is 0 Å². The van der Waals surface area contributed by atoms with Crippen molar-refractivity contribution in [1.29, 1.82) is 0 Å². The van der Waals surface area contributed by atoms with Crippen LogP contribution >= 0.6 is 12.2 Å². The SMILES string of the molecule is COc1ccc(OC)c(NC(=S)/N=C(/Nc2nc(C)cc(C)n2)N2CCOCC2)c1. The number of methoxy groups -OCH3 is 2. The molecule has 2 aromatic rings. The van der Waals surface area contributed by atoms with Crippen LogP contribution in [0.1, 0.15) is 11.4 Å². The van der Waals surface area contributed by atoms with Gasteiger partial charge in [0.2, 0.25) is 17.0 Å². The maximum Gasteiger partial charge on any atom is 0.229 e. The molecule has 3 rings (SSSR count). The summed E-state index contributed by atoms with van der Waals surface area (Å²) in [5.41, 5.74) is 2.40. The van der Waals surface area contributed by atoms with E-state index in [1.54, 1.807) is 26.4 Å². The highest BCUT2D eigenvalue weighted by Crippen LogP contribution is 2.29. The maximum atomic E-state index is 5.50. The molecule has 0 saturated carbocycles. The van der Waals surface area contributed by atoms with Gasteiger partial charge in [0.05, 0.1) is 33.1 Å². The van der Waals surface area contributed by atoms with E-state index in [1.165, 1.54) is 0 Å². The summed E-state index contributed by atoms with van der Waals surface area (Å²) in [6.45, 7) is 6.43. The van der Waals surface area contributed by atoms with Gasteiger partial charge in [0, 0.05) is 30.5 Å². The number of ether oxygens (including phenoxy) is 3. The Morgan fingerprint density at radius 3 is 2.40 bits per heavy atom. The number of rotatable bonds is 4. The van der Waals surface area contributed by atoms with Gasteiger partial charge < -0.3 is 24.4 Å². The van der Waals surface area contributed by atoms with Crippen molar-refractivity contribution in [2.45, 2.75) is 13.8 Å². The first-order chi connectivity index (χ1) is 14.5. The number of morpholine rings is 1. The minimum atomic E-state index is 0.264. The Morgan fingerprint density at radius 1 is 1.07 bits per heavy atom. The number of aromatic nitrogens is 2. The van der Waals surface area contributed by atoms with Gasteiger partial charge in [-0.25, -0.2) is 9.97 Å². The van der Waals surface area contributed by atoms with E-state index in [-0.39, 0.29) is 5.11 Å². The zero-order valence-corrected chi connectivity index (χ0v) is 18.4. The van der Waals surface area contributed by atoms with Crippen molar-refractivity contribution in [2.24, 2.45) is 4.99 Å². The smallest absolute Gasteiger partial charge is 0.229 e. The fourth-order valence-electron chi connectivity index (χ4n) is 2.99. The zero-order valence-electron chi connectivity index (χ0n) is 17.6. The third-order valence-electron chi connectivity index (χ3n) is 4.37. The molecule has 160 valence electrons. The number of guanidine groups is 1. The van der Waals surface area contributed by atoms with Crippen molar-refractivity contribution < 1.29 is 14.2 Å². The van der Waals surface area contributed by atoms with Crippen LogP contribution in [0.5, 0.6) is 11.5 Å². The number of hydrogen-bond acceptors (Lipinski definition) is 6. The van der Waals surface area contributed by atoms with Crippen molar-refractivity contribution in [3.05, 3.63) is 35.7 Å². The van der Waals surface area contributed by atoms with E-state index < -0.39 is 0 Å². The van der Waals surface area contributed by atoms with E-state index in [4.69, 9.17) is 26.4 Å². The van der Waals surface area contributed by atoms with Gasteiger partial charge >= 0.3 is 0 Å². The highest BCUT2D eigenvalue weighted by Gasteiger charge is 2.18. The van der Waals surface area contributed by atoms with E-state index in [0.29, 0.717) is 55.4 Å². The van der Waals surface area contributed by atoms with Gasteiger partial charge in [-0.05, 0) is 44.3 Å². The van der Waals surface area contributed by atoms with Crippen LogP contribution in [0.3, 0.4) is 0 Å². The first-order valence-electron chi connectivity index (χ1n) is 9.52. The standard InChI is InChI=1S/C20H26N6O3S/c1-13-11-14(2)22-18(21-13)24-19(26-7-9-29-10-8-26)25-20(30)23-16-12-15(27-3)5-6-17(16)28-4/h5-6,11-12H,7-10H2,1-4H3,(H2,21,22,23,24,25,30). The van der Waals surface area contributed by atoms with E-state index in [1.807, 2.05) is 26.0 Å². The number of hydrogen-bond donors (Lipinski definition) is 2. The van der Waals surface area contributed by atoms with Crippen LogP contribution in [0, 0.1) is 13.8 Å². The molecule has 2 N–H and O–H groups in total. The van der Waals surface area contributed by atoms with Gasteiger partial charge in [-0.3, -0.25) is 5.32 Å². The quantitative estimate of drug-likeness (QED) is 0.431. The second-order valence-electron chi connectivity index (χ2n) is 6.63. The molecule has 1 aromatic heterocycles. The van der Waals surface area contributed by atoms with Crippen LogP contribution in [0.15, 0.2) is 29.3 Å². The van der Waals surface area contributed by atoms with Crippen molar-refractivity contribution in [1.82, 2.24) is 14.9 Å². The van der Waals surface area contributed by atoms with Crippen LogP contribution in [0.4, 0.5) is 11.6 Å². The lowest BCUT2D eigenvalue weighted by Gasteiger charge is -2.29. The van der Waals surface area contributed by atoms with Crippen LogP contribution < -0.4 is 20.1 Å². The van der Waals surface area contributed by atoms with Gasteiger partial charge in [0.25, 0.3) is 0 Å². The van der Waals surface area contributed by atoms with Crippen molar-refractivity contribution in [3.63, 3.8) is 0 Å². The summed E-state index contributed by atoms with van der Waals surface area (Å²) in [5, 5.41) is 6.59. The lowest BCUT2D eigenvalue weighted by Crippen LogP contribution is -2.45. The molecule has 1 aromatic carbocycles. The molecule has 1 fully saturated rings. The molecule has 0 unspecified atom stereocenters. The average molecular weight is 431 g/mol. The number of benzene rings is 1. The molecule has 10 heteroatoms. The summed E-state index contributed by atoms with van der Waals surface area (Å²) in [6, 6.07) is 7.33. The third kappa shape index (κ3) is 5.77. The fourth-order valence-corrected chi connectivity index (χ4v) is 3.18. The predicted molar refractivity (Wildman–Crippen MR) is 121 cm³/mol. The maximum absolute atomic E-state index is 5.50. The highest BCUT2D eigenvalue weighted by molar-refractivity contribution is 7.80. The summed E-state index contributed by atoms with van der Waals surface area (Å²) in [5.74, 6) is 2.34. The Kier molecular flexibility index (Phi) is 7.36. The van der Waals surface area contributed by atoms with Crippen molar-refractivity contribution >= 4 is 34.9 Å². The van der Waals surface area contributed by atoms with E-state index >= 15 is 0 Å². The number of thiocarbonyl (C=S) groups is 1. The predicted octanol–water partition coefficient (Wildman–Crippen LogP) is 2.61. The fraction of sp³-hybridized carbons (Fsp3) is 0.400. The molecule has 30 heavy (non-hydrogen) atoms. The van der Waals surface area contributed by atoms with Crippen molar-refractivity contribution in [3.8, 4) is 11.5 Å². The highest BCUT2D eigenvalue weighted by atomic mass is 32.1. The summed E-state index contributed by atoms with van der Waals surface area (Å²) < 4.78 is 16.1. The van der Waals surface area contributed by atoms with Gasteiger partial charge in [0.1, 0.15) is 11.5 Å². The molecule has 0 bridgehead atoms. The van der Waals surface area contributed by atoms with Gasteiger partial charge in [-0.1, -0.05) is 0 Å².